The number of aryl methyl sites for hydroxylation is 2. The van der Waals surface area contributed by atoms with Crippen molar-refractivity contribution in [2.24, 2.45) is 4.99 Å². The van der Waals surface area contributed by atoms with E-state index in [4.69, 9.17) is 4.74 Å². The Morgan fingerprint density at radius 2 is 2.15 bits per heavy atom. The number of hydrogen-bond acceptors (Lipinski definition) is 4. The number of hydrogen-bond donors (Lipinski definition) is 2. The molecule has 2 aliphatic rings. The predicted octanol–water partition coefficient (Wildman–Crippen LogP) is 2.29. The van der Waals surface area contributed by atoms with Gasteiger partial charge in [-0.25, -0.2) is 0 Å². The van der Waals surface area contributed by atoms with Crippen molar-refractivity contribution in [3.05, 3.63) is 11.6 Å². The van der Waals surface area contributed by atoms with Crippen LogP contribution in [-0.4, -0.2) is 53.1 Å². The third-order valence-electron chi connectivity index (χ3n) is 4.88. The Kier molecular flexibility index (Phi) is 9.66. The van der Waals surface area contributed by atoms with Gasteiger partial charge in [0.25, 0.3) is 0 Å². The van der Waals surface area contributed by atoms with Crippen LogP contribution < -0.4 is 10.6 Å². The van der Waals surface area contributed by atoms with E-state index in [0.29, 0.717) is 6.10 Å². The number of nitrogens with zero attached hydrogens (tertiary/aromatic N) is 4. The fourth-order valence-corrected chi connectivity index (χ4v) is 3.51. The van der Waals surface area contributed by atoms with E-state index < -0.39 is 0 Å². The zero-order valence-corrected chi connectivity index (χ0v) is 18.2. The lowest BCUT2D eigenvalue weighted by Gasteiger charge is -2.13. The van der Waals surface area contributed by atoms with E-state index in [1.165, 1.54) is 25.1 Å². The van der Waals surface area contributed by atoms with Gasteiger partial charge in [0.05, 0.1) is 12.6 Å². The standard InChI is InChI=1S/C18H32N6O.HI/c1-2-19-18(21-14-15-8-7-13-25-15)20-11-6-10-17-23-22-16-9-4-3-5-12-24(16)17;/h15H,2-14H2,1H3,(H2,19,20,21);1H. The second kappa shape index (κ2) is 11.7. The Labute approximate surface area is 173 Å². The van der Waals surface area contributed by atoms with Crippen LogP contribution in [0.15, 0.2) is 4.99 Å². The van der Waals surface area contributed by atoms with Crippen LogP contribution in [0.2, 0.25) is 0 Å². The number of guanidine groups is 1. The second-order valence-corrected chi connectivity index (χ2v) is 6.88. The van der Waals surface area contributed by atoms with Crippen LogP contribution >= 0.6 is 24.0 Å². The normalized spacial score (nSPS) is 20.2. The summed E-state index contributed by atoms with van der Waals surface area (Å²) in [6.45, 7) is 6.56. The largest absolute Gasteiger partial charge is 0.376 e. The molecule has 2 N–H and O–H groups in total. The average molecular weight is 476 g/mol. The van der Waals surface area contributed by atoms with Gasteiger partial charge in [-0.15, -0.1) is 34.2 Å². The number of aliphatic imine (C=N–C) groups is 1. The molecule has 26 heavy (non-hydrogen) atoms. The van der Waals surface area contributed by atoms with Crippen molar-refractivity contribution in [2.45, 2.75) is 70.9 Å². The molecule has 0 aliphatic carbocycles. The van der Waals surface area contributed by atoms with Crippen molar-refractivity contribution in [1.29, 1.82) is 0 Å². The van der Waals surface area contributed by atoms with E-state index >= 15 is 0 Å². The van der Waals surface area contributed by atoms with Crippen LogP contribution in [0.1, 0.15) is 57.1 Å². The highest BCUT2D eigenvalue weighted by Gasteiger charge is 2.15. The molecule has 1 saturated heterocycles. The summed E-state index contributed by atoms with van der Waals surface area (Å²) in [5.41, 5.74) is 0. The van der Waals surface area contributed by atoms with Crippen molar-refractivity contribution < 1.29 is 4.74 Å². The predicted molar refractivity (Wildman–Crippen MR) is 114 cm³/mol. The van der Waals surface area contributed by atoms with Gasteiger partial charge in [-0.3, -0.25) is 4.99 Å². The fourth-order valence-electron chi connectivity index (χ4n) is 3.51. The number of nitrogens with one attached hydrogen (secondary N) is 2. The van der Waals surface area contributed by atoms with Gasteiger partial charge in [0, 0.05) is 39.1 Å². The molecule has 1 fully saturated rings. The molecule has 0 amide bonds. The summed E-state index contributed by atoms with van der Waals surface area (Å²) >= 11 is 0. The number of ether oxygens (including phenoxy) is 1. The molecular formula is C18H33IN6O. The number of aromatic nitrogens is 3. The van der Waals surface area contributed by atoms with Crippen LogP contribution in [-0.2, 0) is 24.1 Å². The molecular weight excluding hydrogens is 443 g/mol. The first-order valence-corrected chi connectivity index (χ1v) is 9.91. The number of fused-ring (bicyclic) bond motifs is 1. The van der Waals surface area contributed by atoms with Gasteiger partial charge >= 0.3 is 0 Å². The average Bonchev–Trinajstić information content (AvgIpc) is 3.21. The van der Waals surface area contributed by atoms with Crippen LogP contribution in [0.25, 0.3) is 0 Å². The highest BCUT2D eigenvalue weighted by Crippen LogP contribution is 2.15. The molecule has 148 valence electrons. The molecule has 3 heterocycles. The molecule has 1 unspecified atom stereocenters. The van der Waals surface area contributed by atoms with Gasteiger partial charge in [-0.05, 0) is 39.0 Å². The summed E-state index contributed by atoms with van der Waals surface area (Å²) in [5, 5.41) is 15.5. The van der Waals surface area contributed by atoms with Crippen LogP contribution in [0.5, 0.6) is 0 Å². The van der Waals surface area contributed by atoms with Gasteiger partial charge in [-0.2, -0.15) is 0 Å². The maximum atomic E-state index is 5.64. The maximum Gasteiger partial charge on any atom is 0.191 e. The molecule has 0 bridgehead atoms. The minimum absolute atomic E-state index is 0. The maximum absolute atomic E-state index is 5.64. The van der Waals surface area contributed by atoms with E-state index in [1.54, 1.807) is 0 Å². The lowest BCUT2D eigenvalue weighted by atomic mass is 10.2. The van der Waals surface area contributed by atoms with E-state index in [-0.39, 0.29) is 24.0 Å². The lowest BCUT2D eigenvalue weighted by Crippen LogP contribution is -2.38. The first kappa shape index (κ1) is 21.4. The van der Waals surface area contributed by atoms with Crippen molar-refractivity contribution in [2.75, 3.05) is 26.2 Å². The SMILES string of the molecule is CCNC(=NCC1CCCO1)NCCCc1nnc2n1CCCCC2.I. The van der Waals surface area contributed by atoms with Crippen molar-refractivity contribution in [3.63, 3.8) is 0 Å². The molecule has 0 aromatic carbocycles. The topological polar surface area (TPSA) is 76.4 Å². The molecule has 1 atom stereocenters. The summed E-state index contributed by atoms with van der Waals surface area (Å²) in [7, 11) is 0. The molecule has 8 heteroatoms. The molecule has 0 spiro atoms. The highest BCUT2D eigenvalue weighted by molar-refractivity contribution is 14.0. The van der Waals surface area contributed by atoms with Crippen molar-refractivity contribution >= 4 is 29.9 Å². The third kappa shape index (κ3) is 6.37. The Morgan fingerprint density at radius 3 is 2.96 bits per heavy atom. The van der Waals surface area contributed by atoms with Crippen LogP contribution in [0.4, 0.5) is 0 Å². The third-order valence-corrected chi connectivity index (χ3v) is 4.88. The summed E-state index contributed by atoms with van der Waals surface area (Å²) in [5.74, 6) is 3.20. The van der Waals surface area contributed by atoms with E-state index in [0.717, 1.165) is 76.7 Å². The highest BCUT2D eigenvalue weighted by atomic mass is 127. The summed E-state index contributed by atoms with van der Waals surface area (Å²) in [4.78, 5) is 4.65. The Hall–Kier alpha value is -0.900. The van der Waals surface area contributed by atoms with Gasteiger partial charge < -0.3 is 19.9 Å². The zero-order chi connectivity index (χ0) is 17.3. The molecule has 1 aromatic rings. The molecule has 7 nitrogen and oxygen atoms in total. The minimum Gasteiger partial charge on any atom is -0.376 e. The summed E-state index contributed by atoms with van der Waals surface area (Å²) in [6, 6.07) is 0. The van der Waals surface area contributed by atoms with Gasteiger partial charge in [-0.1, -0.05) is 6.42 Å². The Balaban J connectivity index is 0.00000243. The van der Waals surface area contributed by atoms with Gasteiger partial charge in [0.1, 0.15) is 11.6 Å². The number of halogens is 1. The molecule has 1 aromatic heterocycles. The minimum atomic E-state index is 0. The second-order valence-electron chi connectivity index (χ2n) is 6.88. The van der Waals surface area contributed by atoms with Crippen molar-refractivity contribution in [3.8, 4) is 0 Å². The quantitative estimate of drug-likeness (QED) is 0.274. The van der Waals surface area contributed by atoms with E-state index in [1.807, 2.05) is 0 Å². The molecule has 0 radical (unpaired) electrons. The number of rotatable bonds is 7. The zero-order valence-electron chi connectivity index (χ0n) is 15.9. The van der Waals surface area contributed by atoms with Gasteiger partial charge in [0.15, 0.2) is 5.96 Å². The Bertz CT molecular complexity index is 556. The van der Waals surface area contributed by atoms with Crippen LogP contribution in [0, 0.1) is 0 Å². The summed E-state index contributed by atoms with van der Waals surface area (Å²) < 4.78 is 7.98. The lowest BCUT2D eigenvalue weighted by molar-refractivity contribution is 0.117. The van der Waals surface area contributed by atoms with E-state index in [9.17, 15) is 0 Å². The first-order valence-electron chi connectivity index (χ1n) is 9.91. The molecule has 3 rings (SSSR count). The van der Waals surface area contributed by atoms with E-state index in [2.05, 4.69) is 37.3 Å². The summed E-state index contributed by atoms with van der Waals surface area (Å²) in [6.07, 6.45) is 9.44. The van der Waals surface area contributed by atoms with Crippen LogP contribution in [0.3, 0.4) is 0 Å². The monoisotopic (exact) mass is 476 g/mol. The van der Waals surface area contributed by atoms with Crippen molar-refractivity contribution in [1.82, 2.24) is 25.4 Å². The molecule has 0 saturated carbocycles. The smallest absolute Gasteiger partial charge is 0.191 e. The first-order chi connectivity index (χ1) is 12.4. The Morgan fingerprint density at radius 1 is 1.23 bits per heavy atom. The fraction of sp³-hybridized carbons (Fsp3) is 0.833. The van der Waals surface area contributed by atoms with Gasteiger partial charge in [0.2, 0.25) is 0 Å². The molecule has 2 aliphatic heterocycles.